The number of Topliss-reactive ketones (excluding diaryl/α,β-unsaturated/α-hetero) is 1. The third-order valence-corrected chi connectivity index (χ3v) is 0.913. The van der Waals surface area contributed by atoms with Gasteiger partial charge in [0.1, 0.15) is 0 Å². The van der Waals surface area contributed by atoms with Crippen molar-refractivity contribution < 1.29 is 19.5 Å². The molecule has 0 spiro atoms. The van der Waals surface area contributed by atoms with Gasteiger partial charge in [-0.15, -0.1) is 5.06 Å². The lowest BCUT2D eigenvalue weighted by molar-refractivity contribution is -0.173. The number of carboxylic acid groups (broad SMARTS) is 1. The van der Waals surface area contributed by atoms with Gasteiger partial charge in [-0.1, -0.05) is 0 Å². The van der Waals surface area contributed by atoms with E-state index in [9.17, 15) is 9.59 Å². The molecule has 0 aliphatic carbocycles. The number of carbonyl (C=O) groups is 2. The summed E-state index contributed by atoms with van der Waals surface area (Å²) in [5.74, 6) is -0.00347. The number of carbonyl (C=O) groups excluding carboxylic acids is 1. The number of hydroxylamine groups is 2. The van der Waals surface area contributed by atoms with Crippen LogP contribution in [0.5, 0.6) is 0 Å². The molecule has 1 saturated heterocycles. The van der Waals surface area contributed by atoms with E-state index in [0.29, 0.717) is 0 Å². The van der Waals surface area contributed by atoms with Crippen molar-refractivity contribution in [1.29, 1.82) is 0 Å². The van der Waals surface area contributed by atoms with Gasteiger partial charge in [-0.25, -0.2) is 4.79 Å². The molecule has 0 amide bonds. The second-order valence-corrected chi connectivity index (χ2v) is 1.69. The van der Waals surface area contributed by atoms with Crippen LogP contribution >= 0.6 is 0 Å². The van der Waals surface area contributed by atoms with Crippen molar-refractivity contribution in [3.8, 4) is 0 Å². The second kappa shape index (κ2) is 2.02. The molecule has 5 heteroatoms. The van der Waals surface area contributed by atoms with Crippen LogP contribution in [-0.2, 0) is 9.63 Å². The fourth-order valence-electron chi connectivity index (χ4n) is 0.522. The largest absolute Gasteiger partial charge is 0.525 e. The second-order valence-electron chi connectivity index (χ2n) is 1.69. The zero-order valence-corrected chi connectivity index (χ0v) is 4.53. The number of rotatable bonds is 1. The van der Waals surface area contributed by atoms with Crippen LogP contribution < -0.4 is 0 Å². The van der Waals surface area contributed by atoms with E-state index in [1.54, 1.807) is 0 Å². The highest BCUT2D eigenvalue weighted by molar-refractivity contribution is 5.87. The van der Waals surface area contributed by atoms with Crippen molar-refractivity contribution in [2.45, 2.75) is 0 Å². The zero-order chi connectivity index (χ0) is 6.85. The van der Waals surface area contributed by atoms with Crippen LogP contribution in [0.3, 0.4) is 0 Å². The molecule has 0 aromatic carbocycles. The first kappa shape index (κ1) is 6.03. The normalized spacial score (nSPS) is 18.9. The molecule has 0 atom stereocenters. The molecular weight excluding hydrogens is 126 g/mol. The fraction of sp³-hybridized carbons (Fsp3) is 0.500. The highest BCUT2D eigenvalue weighted by Crippen LogP contribution is 2.01. The average molecular weight is 131 g/mol. The van der Waals surface area contributed by atoms with E-state index in [2.05, 4.69) is 4.84 Å². The van der Waals surface area contributed by atoms with Gasteiger partial charge >= 0.3 is 6.16 Å². The van der Waals surface area contributed by atoms with Crippen molar-refractivity contribution in [2.75, 3.05) is 13.1 Å². The van der Waals surface area contributed by atoms with Gasteiger partial charge in [0.05, 0.1) is 13.1 Å². The molecule has 50 valence electrons. The molecule has 1 heterocycles. The van der Waals surface area contributed by atoms with Crippen LogP contribution in [-0.4, -0.2) is 35.2 Å². The summed E-state index contributed by atoms with van der Waals surface area (Å²) < 4.78 is 0. The number of ketones is 1. The van der Waals surface area contributed by atoms with E-state index in [1.165, 1.54) is 0 Å². The molecule has 1 aliphatic heterocycles. The summed E-state index contributed by atoms with van der Waals surface area (Å²) >= 11 is 0. The Morgan fingerprint density at radius 3 is 2.56 bits per heavy atom. The summed E-state index contributed by atoms with van der Waals surface area (Å²) in [4.78, 5) is 24.0. The minimum absolute atomic E-state index is 0.00347. The Kier molecular flexibility index (Phi) is 1.35. The predicted octanol–water partition coefficient (Wildman–Crippen LogP) is -0.519. The summed E-state index contributed by atoms with van der Waals surface area (Å²) in [6.45, 7) is 0.179. The van der Waals surface area contributed by atoms with E-state index in [-0.39, 0.29) is 18.9 Å². The van der Waals surface area contributed by atoms with Gasteiger partial charge in [0.2, 0.25) is 0 Å². The lowest BCUT2D eigenvalue weighted by Crippen LogP contribution is -2.47. The van der Waals surface area contributed by atoms with Crippen LogP contribution in [0, 0.1) is 0 Å². The Morgan fingerprint density at radius 1 is 1.67 bits per heavy atom. The quantitative estimate of drug-likeness (QED) is 0.518. The van der Waals surface area contributed by atoms with Crippen molar-refractivity contribution in [2.24, 2.45) is 0 Å². The van der Waals surface area contributed by atoms with Crippen LogP contribution in [0.1, 0.15) is 0 Å². The molecule has 0 aromatic heterocycles. The van der Waals surface area contributed by atoms with Crippen molar-refractivity contribution >= 4 is 11.9 Å². The third kappa shape index (κ3) is 1.39. The number of hydrogen-bond donors (Lipinski definition) is 1. The maximum atomic E-state index is 10.2. The maximum Gasteiger partial charge on any atom is 0.525 e. The van der Waals surface area contributed by atoms with Gasteiger partial charge in [-0.2, -0.15) is 0 Å². The first-order valence-corrected chi connectivity index (χ1v) is 2.36. The molecule has 1 fully saturated rings. The van der Waals surface area contributed by atoms with Crippen LogP contribution in [0.15, 0.2) is 0 Å². The Balaban J connectivity index is 2.18. The summed E-state index contributed by atoms with van der Waals surface area (Å²) in [6, 6.07) is 0. The predicted molar refractivity (Wildman–Crippen MR) is 25.7 cm³/mol. The van der Waals surface area contributed by atoms with Crippen LogP contribution in [0.4, 0.5) is 4.79 Å². The first-order valence-electron chi connectivity index (χ1n) is 2.36. The molecule has 5 nitrogen and oxygen atoms in total. The van der Waals surface area contributed by atoms with Gasteiger partial charge in [0.15, 0.2) is 5.78 Å². The van der Waals surface area contributed by atoms with Gasteiger partial charge in [-0.3, -0.25) is 4.79 Å². The lowest BCUT2D eigenvalue weighted by Gasteiger charge is -2.25. The molecule has 0 unspecified atom stereocenters. The zero-order valence-electron chi connectivity index (χ0n) is 4.53. The Hall–Kier alpha value is -1.10. The Bertz CT molecular complexity index is 147. The lowest BCUT2D eigenvalue weighted by atomic mass is 10.3. The molecule has 0 bridgehead atoms. The Labute approximate surface area is 50.8 Å². The Morgan fingerprint density at radius 2 is 2.22 bits per heavy atom. The van der Waals surface area contributed by atoms with E-state index in [1.807, 2.05) is 0 Å². The average Bonchev–Trinajstić information content (AvgIpc) is 1.60. The molecule has 9 heavy (non-hydrogen) atoms. The summed E-state index contributed by atoms with van der Waals surface area (Å²) in [5, 5.41) is 9.03. The van der Waals surface area contributed by atoms with Gasteiger partial charge < -0.3 is 9.94 Å². The van der Waals surface area contributed by atoms with Crippen molar-refractivity contribution in [1.82, 2.24) is 5.06 Å². The van der Waals surface area contributed by atoms with E-state index in [0.717, 1.165) is 5.06 Å². The van der Waals surface area contributed by atoms with Crippen LogP contribution in [0.25, 0.3) is 0 Å². The highest BCUT2D eigenvalue weighted by Gasteiger charge is 2.26. The fourth-order valence-corrected chi connectivity index (χ4v) is 0.522. The molecule has 1 N–H and O–H groups in total. The smallest absolute Gasteiger partial charge is 0.448 e. The molecule has 1 rings (SSSR count). The molecule has 1 aliphatic rings. The minimum Gasteiger partial charge on any atom is -0.448 e. The van der Waals surface area contributed by atoms with Crippen molar-refractivity contribution in [3.05, 3.63) is 0 Å². The summed E-state index contributed by atoms with van der Waals surface area (Å²) in [6.07, 6.45) is -1.37. The maximum absolute atomic E-state index is 10.2. The summed E-state index contributed by atoms with van der Waals surface area (Å²) in [5.41, 5.74) is 0. The van der Waals surface area contributed by atoms with E-state index in [4.69, 9.17) is 5.11 Å². The number of nitrogens with zero attached hydrogens (tertiary/aromatic N) is 1. The molecule has 0 saturated carbocycles. The highest BCUT2D eigenvalue weighted by atomic mass is 16.8. The van der Waals surface area contributed by atoms with E-state index < -0.39 is 6.16 Å². The summed E-state index contributed by atoms with van der Waals surface area (Å²) in [7, 11) is 0. The molecular formula is C4H5NO4. The van der Waals surface area contributed by atoms with Crippen LogP contribution in [0.2, 0.25) is 0 Å². The topological polar surface area (TPSA) is 66.8 Å². The third-order valence-electron chi connectivity index (χ3n) is 0.913. The van der Waals surface area contributed by atoms with Gasteiger partial charge in [-0.05, 0) is 0 Å². The monoisotopic (exact) mass is 131 g/mol. The number of hydrogen-bond acceptors (Lipinski definition) is 4. The first-order chi connectivity index (χ1) is 4.18. The van der Waals surface area contributed by atoms with E-state index >= 15 is 0 Å². The molecule has 0 aromatic rings. The van der Waals surface area contributed by atoms with Gasteiger partial charge in [0, 0.05) is 0 Å². The minimum atomic E-state index is -1.37. The SMILES string of the molecule is O=C1CN(OC(=O)O)C1. The van der Waals surface area contributed by atoms with Crippen molar-refractivity contribution in [3.63, 3.8) is 0 Å². The van der Waals surface area contributed by atoms with Gasteiger partial charge in [0.25, 0.3) is 0 Å². The molecule has 0 radical (unpaired) electrons. The standard InChI is InChI=1S/C4H5NO4/c6-3-1-5(2-3)9-4(7)8/h1-2H2,(H,7,8).